The highest BCUT2D eigenvalue weighted by Crippen LogP contribution is 2.16. The molecule has 0 aliphatic carbocycles. The monoisotopic (exact) mass is 210 g/mol. The van der Waals surface area contributed by atoms with Crippen molar-refractivity contribution in [1.82, 2.24) is 10.6 Å². The Balaban J connectivity index is 2.35. The summed E-state index contributed by atoms with van der Waals surface area (Å²) in [7, 11) is 0. The first-order valence-electron chi connectivity index (χ1n) is 4.50. The van der Waals surface area contributed by atoms with Crippen LogP contribution in [-0.4, -0.2) is 30.7 Å². The maximum absolute atomic E-state index is 11.8. The van der Waals surface area contributed by atoms with Gasteiger partial charge in [-0.15, -0.1) is 0 Å². The van der Waals surface area contributed by atoms with E-state index in [0.29, 0.717) is 19.0 Å². The first kappa shape index (κ1) is 11.3. The Hall–Kier alpha value is -0.780. The molecule has 82 valence electrons. The summed E-state index contributed by atoms with van der Waals surface area (Å²) in [6.45, 7) is 2.37. The fourth-order valence-corrected chi connectivity index (χ4v) is 1.39. The average molecular weight is 210 g/mol. The lowest BCUT2D eigenvalue weighted by Crippen LogP contribution is -2.51. The lowest BCUT2D eigenvalue weighted by Gasteiger charge is -2.28. The first-order valence-corrected chi connectivity index (χ1v) is 4.50. The predicted octanol–water partition coefficient (Wildman–Crippen LogP) is 0.805. The second-order valence-corrected chi connectivity index (χ2v) is 3.55. The molecule has 2 N–H and O–H groups in total. The Morgan fingerprint density at radius 1 is 1.43 bits per heavy atom. The van der Waals surface area contributed by atoms with E-state index in [1.807, 2.05) is 12.2 Å². The molecule has 1 aliphatic heterocycles. The minimum Gasteiger partial charge on any atom is -0.344 e. The normalized spacial score (nSPS) is 28.6. The van der Waals surface area contributed by atoms with E-state index in [2.05, 4.69) is 5.32 Å². The molecular weight excluding hydrogens is 197 g/mol. The van der Waals surface area contributed by atoms with Gasteiger partial charge in [0.2, 0.25) is 0 Å². The molecule has 1 rings (SSSR count). The highest BCUT2D eigenvalue weighted by molar-refractivity contribution is 5.81. The molecule has 1 saturated heterocycles. The minimum absolute atomic E-state index is 0.314. The fraction of sp³-hybridized carbons (Fsp3) is 0.875. The molecule has 0 bridgehead atoms. The van der Waals surface area contributed by atoms with Crippen molar-refractivity contribution in [3.63, 3.8) is 0 Å². The third kappa shape index (κ3) is 3.17. The van der Waals surface area contributed by atoms with Crippen molar-refractivity contribution >= 4 is 5.91 Å². The van der Waals surface area contributed by atoms with Crippen molar-refractivity contribution in [3.8, 4) is 0 Å². The summed E-state index contributed by atoms with van der Waals surface area (Å²) >= 11 is 0. The summed E-state index contributed by atoms with van der Waals surface area (Å²) in [5.74, 6) is -1.85. The topological polar surface area (TPSA) is 41.1 Å². The highest BCUT2D eigenvalue weighted by atomic mass is 19.4. The van der Waals surface area contributed by atoms with Crippen molar-refractivity contribution in [3.05, 3.63) is 0 Å². The Bertz CT molecular complexity index is 209. The van der Waals surface area contributed by atoms with Crippen LogP contribution < -0.4 is 10.6 Å². The van der Waals surface area contributed by atoms with Crippen LogP contribution in [0, 0.1) is 0 Å². The third-order valence-electron chi connectivity index (χ3n) is 2.25. The van der Waals surface area contributed by atoms with Crippen LogP contribution in [0.3, 0.4) is 0 Å². The van der Waals surface area contributed by atoms with Crippen LogP contribution in [0.25, 0.3) is 0 Å². The van der Waals surface area contributed by atoms with E-state index in [-0.39, 0.29) is 0 Å². The van der Waals surface area contributed by atoms with E-state index in [1.165, 1.54) is 0 Å². The second-order valence-electron chi connectivity index (χ2n) is 3.55. The summed E-state index contributed by atoms with van der Waals surface area (Å²) in [5.41, 5.74) is 0. The molecule has 1 aliphatic rings. The van der Waals surface area contributed by atoms with Crippen LogP contribution in [0.1, 0.15) is 19.8 Å². The summed E-state index contributed by atoms with van der Waals surface area (Å²) in [6.07, 6.45) is -3.40. The Morgan fingerprint density at radius 3 is 2.50 bits per heavy atom. The summed E-state index contributed by atoms with van der Waals surface area (Å²) in [4.78, 5) is 10.6. The van der Waals surface area contributed by atoms with Crippen LogP contribution in [0.2, 0.25) is 0 Å². The number of hydrogen-bond donors (Lipinski definition) is 2. The van der Waals surface area contributed by atoms with Gasteiger partial charge in [-0.2, -0.15) is 13.2 Å². The Kier molecular flexibility index (Phi) is 3.36. The molecule has 3 nitrogen and oxygen atoms in total. The molecule has 14 heavy (non-hydrogen) atoms. The molecule has 0 aromatic carbocycles. The zero-order chi connectivity index (χ0) is 10.8. The molecule has 2 unspecified atom stereocenters. The van der Waals surface area contributed by atoms with E-state index in [4.69, 9.17) is 0 Å². The van der Waals surface area contributed by atoms with E-state index in [1.54, 1.807) is 0 Å². The number of alkyl halides is 3. The van der Waals surface area contributed by atoms with Crippen molar-refractivity contribution in [2.24, 2.45) is 0 Å². The van der Waals surface area contributed by atoms with Crippen molar-refractivity contribution in [1.29, 1.82) is 0 Å². The number of halogens is 3. The summed E-state index contributed by atoms with van der Waals surface area (Å²) < 4.78 is 35.5. The van der Waals surface area contributed by atoms with Gasteiger partial charge < -0.3 is 10.6 Å². The third-order valence-corrected chi connectivity index (χ3v) is 2.25. The van der Waals surface area contributed by atoms with Crippen LogP contribution in [0.15, 0.2) is 0 Å². The van der Waals surface area contributed by atoms with Crippen molar-refractivity contribution in [2.45, 2.75) is 38.0 Å². The summed E-state index contributed by atoms with van der Waals surface area (Å²) in [6, 6.07) is -0.0886. The number of carbonyl (C=O) groups is 1. The van der Waals surface area contributed by atoms with Gasteiger partial charge in [-0.1, -0.05) is 0 Å². The number of nitrogens with one attached hydrogen (secondary N) is 2. The molecule has 0 aromatic rings. The van der Waals surface area contributed by atoms with Gasteiger partial charge in [0.1, 0.15) is 0 Å². The average Bonchev–Trinajstić information content (AvgIpc) is 2.07. The summed E-state index contributed by atoms with van der Waals surface area (Å²) in [5, 5.41) is 4.96. The fourth-order valence-electron chi connectivity index (χ4n) is 1.39. The highest BCUT2D eigenvalue weighted by Gasteiger charge is 2.39. The van der Waals surface area contributed by atoms with Gasteiger partial charge in [0.15, 0.2) is 0 Å². The molecule has 0 aromatic heterocycles. The quantitative estimate of drug-likeness (QED) is 0.672. The largest absolute Gasteiger partial charge is 0.471 e. The number of piperidine rings is 1. The molecule has 0 spiro atoms. The van der Waals surface area contributed by atoms with Crippen molar-refractivity contribution < 1.29 is 18.0 Å². The maximum atomic E-state index is 11.8. The molecule has 0 radical (unpaired) electrons. The van der Waals surface area contributed by atoms with Crippen molar-refractivity contribution in [2.75, 3.05) is 6.54 Å². The van der Waals surface area contributed by atoms with Gasteiger partial charge in [0.25, 0.3) is 0 Å². The SMILES string of the molecule is CC1CCC(NC(=O)C(F)(F)F)CN1. The molecule has 1 amide bonds. The van der Waals surface area contributed by atoms with Gasteiger partial charge in [-0.3, -0.25) is 4.79 Å². The molecule has 2 atom stereocenters. The van der Waals surface area contributed by atoms with Crippen LogP contribution >= 0.6 is 0 Å². The van der Waals surface area contributed by atoms with Gasteiger partial charge in [0, 0.05) is 18.6 Å². The maximum Gasteiger partial charge on any atom is 0.471 e. The van der Waals surface area contributed by atoms with Gasteiger partial charge in [-0.05, 0) is 19.8 Å². The molecule has 0 saturated carbocycles. The van der Waals surface area contributed by atoms with E-state index < -0.39 is 18.1 Å². The Labute approximate surface area is 80.0 Å². The number of rotatable bonds is 1. The molecular formula is C8H13F3N2O. The number of carbonyl (C=O) groups excluding carboxylic acids is 1. The van der Waals surface area contributed by atoms with Crippen LogP contribution in [-0.2, 0) is 4.79 Å². The standard InChI is InChI=1S/C8H13F3N2O/c1-5-2-3-6(4-12-5)13-7(14)8(9,10)11/h5-6,12H,2-4H2,1H3,(H,13,14). The van der Waals surface area contributed by atoms with Gasteiger partial charge in [0.05, 0.1) is 0 Å². The van der Waals surface area contributed by atoms with Gasteiger partial charge >= 0.3 is 12.1 Å². The van der Waals surface area contributed by atoms with E-state index in [0.717, 1.165) is 6.42 Å². The zero-order valence-electron chi connectivity index (χ0n) is 7.82. The molecule has 6 heteroatoms. The molecule has 1 heterocycles. The smallest absolute Gasteiger partial charge is 0.344 e. The number of amides is 1. The minimum atomic E-state index is -4.77. The first-order chi connectivity index (χ1) is 6.39. The van der Waals surface area contributed by atoms with E-state index >= 15 is 0 Å². The lowest BCUT2D eigenvalue weighted by atomic mass is 10.0. The van der Waals surface area contributed by atoms with Crippen LogP contribution in [0.4, 0.5) is 13.2 Å². The molecule has 1 fully saturated rings. The Morgan fingerprint density at radius 2 is 2.07 bits per heavy atom. The second kappa shape index (κ2) is 4.16. The number of hydrogen-bond acceptors (Lipinski definition) is 2. The predicted molar refractivity (Wildman–Crippen MR) is 44.7 cm³/mol. The lowest BCUT2D eigenvalue weighted by molar-refractivity contribution is -0.174. The van der Waals surface area contributed by atoms with Crippen LogP contribution in [0.5, 0.6) is 0 Å². The van der Waals surface area contributed by atoms with Gasteiger partial charge in [-0.25, -0.2) is 0 Å². The van der Waals surface area contributed by atoms with E-state index in [9.17, 15) is 18.0 Å². The zero-order valence-corrected chi connectivity index (χ0v) is 7.82.